The van der Waals surface area contributed by atoms with E-state index in [0.717, 1.165) is 12.8 Å². The maximum atomic E-state index is 11.8. The number of nitrogens with one attached hydrogen (secondary N) is 1. The van der Waals surface area contributed by atoms with Crippen LogP contribution in [0.1, 0.15) is 71.1 Å². The van der Waals surface area contributed by atoms with E-state index >= 15 is 0 Å². The minimum Gasteiger partial charge on any atom is -0.395 e. The van der Waals surface area contributed by atoms with Crippen LogP contribution in [0, 0.1) is 0 Å². The zero-order valence-corrected chi connectivity index (χ0v) is 16.1. The fourth-order valence-corrected chi connectivity index (χ4v) is 2.83. The van der Waals surface area contributed by atoms with Gasteiger partial charge in [0.05, 0.1) is 19.3 Å². The molecule has 0 saturated heterocycles. The lowest BCUT2D eigenvalue weighted by Gasteiger charge is -2.23. The van der Waals surface area contributed by atoms with E-state index in [1.165, 1.54) is 44.9 Å². The molecule has 0 aromatic carbocycles. The van der Waals surface area contributed by atoms with Crippen molar-refractivity contribution < 1.29 is 20.1 Å². The number of carbonyl (C=O) groups excluding carboxylic acids is 1. The van der Waals surface area contributed by atoms with Crippen molar-refractivity contribution in [3.05, 3.63) is 0 Å². The average Bonchev–Trinajstić information content (AvgIpc) is 2.60. The van der Waals surface area contributed by atoms with Gasteiger partial charge in [0.25, 0.3) is 0 Å². The van der Waals surface area contributed by atoms with Gasteiger partial charge < -0.3 is 20.6 Å². The Bertz CT molecular complexity index is 303. The summed E-state index contributed by atoms with van der Waals surface area (Å²) in [5.74, 6) is 0.0644. The minimum atomic E-state index is -0.816. The van der Waals surface area contributed by atoms with Crippen LogP contribution in [-0.4, -0.2) is 71.6 Å². The van der Waals surface area contributed by atoms with Gasteiger partial charge in [-0.25, -0.2) is 0 Å². The maximum absolute atomic E-state index is 11.8. The van der Waals surface area contributed by atoms with Gasteiger partial charge in [-0.15, -0.1) is 0 Å². The zero-order chi connectivity index (χ0) is 18.8. The normalized spacial score (nSPS) is 12.5. The summed E-state index contributed by atoms with van der Waals surface area (Å²) >= 11 is 0. The Hall–Kier alpha value is -0.690. The Kier molecular flexibility index (Phi) is 17.6. The minimum absolute atomic E-state index is 0.00939. The van der Waals surface area contributed by atoms with Gasteiger partial charge in [-0.2, -0.15) is 0 Å². The van der Waals surface area contributed by atoms with E-state index in [1.54, 1.807) is 0 Å². The number of rotatable bonds is 18. The Labute approximate surface area is 153 Å². The van der Waals surface area contributed by atoms with Gasteiger partial charge in [0.2, 0.25) is 5.91 Å². The molecule has 0 bridgehead atoms. The van der Waals surface area contributed by atoms with Crippen LogP contribution in [0.3, 0.4) is 0 Å². The predicted octanol–water partition coefficient (Wildman–Crippen LogP) is 1.67. The van der Waals surface area contributed by atoms with E-state index in [2.05, 4.69) is 12.2 Å². The van der Waals surface area contributed by atoms with Crippen LogP contribution in [0.15, 0.2) is 0 Å². The summed E-state index contributed by atoms with van der Waals surface area (Å²) in [6, 6.07) is 0. The molecule has 0 fully saturated rings. The number of aliphatic hydroxyl groups is 3. The molecule has 0 saturated carbocycles. The number of amides is 1. The molecule has 0 aliphatic rings. The number of unbranched alkanes of at least 4 members (excludes halogenated alkanes) is 8. The van der Waals surface area contributed by atoms with Crippen molar-refractivity contribution in [3.63, 3.8) is 0 Å². The molecule has 4 N–H and O–H groups in total. The maximum Gasteiger partial charge on any atom is 0.220 e. The third-order valence-corrected chi connectivity index (χ3v) is 4.35. The predicted molar refractivity (Wildman–Crippen MR) is 101 cm³/mol. The molecule has 0 aromatic heterocycles. The van der Waals surface area contributed by atoms with Gasteiger partial charge in [0, 0.05) is 32.6 Å². The highest BCUT2D eigenvalue weighted by atomic mass is 16.3. The smallest absolute Gasteiger partial charge is 0.220 e. The first-order chi connectivity index (χ1) is 12.1. The SMILES string of the molecule is CCCCCCCCCCCC(=O)NCCN(CCO)CC(O)CO. The van der Waals surface area contributed by atoms with Crippen LogP contribution in [0.4, 0.5) is 0 Å². The molecule has 0 rings (SSSR count). The fraction of sp³-hybridized carbons (Fsp3) is 0.947. The van der Waals surface area contributed by atoms with Crippen molar-refractivity contribution in [3.8, 4) is 0 Å². The molecule has 6 heteroatoms. The highest BCUT2D eigenvalue weighted by Crippen LogP contribution is 2.10. The first kappa shape index (κ1) is 24.3. The van der Waals surface area contributed by atoms with Crippen LogP contribution in [0.2, 0.25) is 0 Å². The summed E-state index contributed by atoms with van der Waals surface area (Å²) in [4.78, 5) is 13.6. The molecule has 0 spiro atoms. The third-order valence-electron chi connectivity index (χ3n) is 4.35. The van der Waals surface area contributed by atoms with Crippen LogP contribution in [0.5, 0.6) is 0 Å². The number of aliphatic hydroxyl groups excluding tert-OH is 3. The van der Waals surface area contributed by atoms with E-state index in [9.17, 15) is 9.90 Å². The van der Waals surface area contributed by atoms with Gasteiger partial charge in [-0.05, 0) is 6.42 Å². The topological polar surface area (TPSA) is 93.0 Å². The Morgan fingerprint density at radius 3 is 2.12 bits per heavy atom. The highest BCUT2D eigenvalue weighted by Gasteiger charge is 2.10. The van der Waals surface area contributed by atoms with Crippen molar-refractivity contribution >= 4 is 5.91 Å². The van der Waals surface area contributed by atoms with Crippen LogP contribution in [0.25, 0.3) is 0 Å². The highest BCUT2D eigenvalue weighted by molar-refractivity contribution is 5.75. The average molecular weight is 361 g/mol. The molecule has 25 heavy (non-hydrogen) atoms. The molecule has 0 heterocycles. The first-order valence-electron chi connectivity index (χ1n) is 10.0. The lowest BCUT2D eigenvalue weighted by molar-refractivity contribution is -0.121. The summed E-state index contributed by atoms with van der Waals surface area (Å²) in [5.41, 5.74) is 0. The standard InChI is InChI=1S/C19H40N2O4/c1-2-3-4-5-6-7-8-9-10-11-19(25)20-12-13-21(14-15-22)16-18(24)17-23/h18,22-24H,2-17H2,1H3,(H,20,25). The molecule has 1 atom stereocenters. The van der Waals surface area contributed by atoms with Crippen LogP contribution >= 0.6 is 0 Å². The summed E-state index contributed by atoms with van der Waals surface area (Å²) in [6.45, 7) is 3.69. The number of carbonyl (C=O) groups is 1. The number of hydrogen-bond acceptors (Lipinski definition) is 5. The van der Waals surface area contributed by atoms with Gasteiger partial charge in [0.15, 0.2) is 0 Å². The molecule has 0 aromatic rings. The molecule has 0 aliphatic heterocycles. The Morgan fingerprint density at radius 2 is 1.56 bits per heavy atom. The molecule has 6 nitrogen and oxygen atoms in total. The van der Waals surface area contributed by atoms with Crippen molar-refractivity contribution in [1.29, 1.82) is 0 Å². The second-order valence-electron chi connectivity index (χ2n) is 6.79. The second kappa shape index (κ2) is 18.1. The quantitative estimate of drug-likeness (QED) is 0.279. The van der Waals surface area contributed by atoms with Crippen LogP contribution in [-0.2, 0) is 4.79 Å². The third kappa shape index (κ3) is 16.5. The van der Waals surface area contributed by atoms with Gasteiger partial charge in [0.1, 0.15) is 0 Å². The van der Waals surface area contributed by atoms with Crippen molar-refractivity contribution in [1.82, 2.24) is 10.2 Å². The van der Waals surface area contributed by atoms with Gasteiger partial charge in [-0.1, -0.05) is 58.3 Å². The lowest BCUT2D eigenvalue weighted by Crippen LogP contribution is -2.41. The summed E-state index contributed by atoms with van der Waals surface area (Å²) in [6.07, 6.45) is 10.9. The van der Waals surface area contributed by atoms with Gasteiger partial charge in [-0.3, -0.25) is 9.69 Å². The summed E-state index contributed by atoms with van der Waals surface area (Å²) < 4.78 is 0. The molecular weight excluding hydrogens is 320 g/mol. The Balaban J connectivity index is 3.55. The summed E-state index contributed by atoms with van der Waals surface area (Å²) in [7, 11) is 0. The molecule has 0 radical (unpaired) electrons. The molecule has 1 amide bonds. The fourth-order valence-electron chi connectivity index (χ4n) is 2.83. The molecule has 1 unspecified atom stereocenters. The second-order valence-corrected chi connectivity index (χ2v) is 6.79. The lowest BCUT2D eigenvalue weighted by atomic mass is 10.1. The molecule has 150 valence electrons. The van der Waals surface area contributed by atoms with Gasteiger partial charge >= 0.3 is 0 Å². The van der Waals surface area contributed by atoms with E-state index in [4.69, 9.17) is 10.2 Å². The van der Waals surface area contributed by atoms with Crippen molar-refractivity contribution in [2.45, 2.75) is 77.2 Å². The molecule has 0 aliphatic carbocycles. The monoisotopic (exact) mass is 360 g/mol. The van der Waals surface area contributed by atoms with E-state index in [1.807, 2.05) is 4.90 Å². The van der Waals surface area contributed by atoms with E-state index < -0.39 is 6.10 Å². The zero-order valence-electron chi connectivity index (χ0n) is 16.1. The number of nitrogens with zero attached hydrogens (tertiary/aromatic N) is 1. The largest absolute Gasteiger partial charge is 0.395 e. The van der Waals surface area contributed by atoms with Crippen molar-refractivity contribution in [2.75, 3.05) is 39.4 Å². The molecular formula is C19H40N2O4. The van der Waals surface area contributed by atoms with E-state index in [-0.39, 0.29) is 19.1 Å². The summed E-state index contributed by atoms with van der Waals surface area (Å²) in [5, 5.41) is 30.2. The van der Waals surface area contributed by atoms with Crippen molar-refractivity contribution in [2.24, 2.45) is 0 Å². The number of hydrogen-bond donors (Lipinski definition) is 4. The first-order valence-corrected chi connectivity index (χ1v) is 10.0. The van der Waals surface area contributed by atoms with E-state index in [0.29, 0.717) is 32.6 Å². The Morgan fingerprint density at radius 1 is 0.960 bits per heavy atom. The van der Waals surface area contributed by atoms with Crippen LogP contribution < -0.4 is 5.32 Å².